The first-order valence-electron chi connectivity index (χ1n) is 9.96. The fourth-order valence-corrected chi connectivity index (χ4v) is 4.99. The summed E-state index contributed by atoms with van der Waals surface area (Å²) in [6.45, 7) is 4.60. The molecule has 0 radical (unpaired) electrons. The van der Waals surface area contributed by atoms with Crippen LogP contribution in [0.5, 0.6) is 5.75 Å². The van der Waals surface area contributed by atoms with Gasteiger partial charge in [-0.05, 0) is 30.5 Å². The van der Waals surface area contributed by atoms with Gasteiger partial charge in [-0.15, -0.1) is 24.2 Å². The second-order valence-corrected chi connectivity index (χ2v) is 8.76. The van der Waals surface area contributed by atoms with Crippen molar-refractivity contribution in [2.24, 2.45) is 0 Å². The van der Waals surface area contributed by atoms with Gasteiger partial charge < -0.3 is 9.47 Å². The molecule has 6 nitrogen and oxygen atoms in total. The molecule has 0 N–H and O–H groups in total. The monoisotopic (exact) mass is 479 g/mol. The molecule has 3 aromatic rings. The summed E-state index contributed by atoms with van der Waals surface area (Å²) in [5, 5.41) is 0.724. The maximum atomic E-state index is 13.1. The Bertz CT molecular complexity index is 981. The number of halogens is 1. The summed E-state index contributed by atoms with van der Waals surface area (Å²) in [5.41, 5.74) is 0.957. The molecule has 0 saturated carbocycles. The Kier molecular flexibility index (Phi) is 8.98. The van der Waals surface area contributed by atoms with Crippen LogP contribution in [-0.4, -0.2) is 68.0 Å². The zero-order valence-corrected chi connectivity index (χ0v) is 19.8. The molecule has 9 heteroatoms. The second-order valence-electron chi connectivity index (χ2n) is 6.90. The van der Waals surface area contributed by atoms with E-state index < -0.39 is 0 Å². The predicted molar refractivity (Wildman–Crippen MR) is 130 cm³/mol. The Hall–Kier alpha value is -1.84. The largest absolute Gasteiger partial charge is 0.484 e. The first-order chi connectivity index (χ1) is 14.7. The predicted octanol–water partition coefficient (Wildman–Crippen LogP) is 4.18. The number of thiazole rings is 1. The normalized spacial score (nSPS) is 14.2. The topological polar surface area (TPSA) is 54.9 Å². The zero-order chi connectivity index (χ0) is 20.8. The Balaban J connectivity index is 0.00000272. The molecule has 1 amide bonds. The van der Waals surface area contributed by atoms with Gasteiger partial charge in [0.1, 0.15) is 5.75 Å². The van der Waals surface area contributed by atoms with E-state index in [0.717, 1.165) is 53.1 Å². The molecule has 0 unspecified atom stereocenters. The molecular weight excluding hydrogens is 454 g/mol. The first kappa shape index (κ1) is 23.8. The van der Waals surface area contributed by atoms with Crippen molar-refractivity contribution in [3.8, 4) is 5.75 Å². The molecular formula is C22H26ClN3O3S2. The number of nitrogens with zero attached hydrogens (tertiary/aromatic N) is 3. The number of para-hydroxylation sites is 2. The number of aromatic nitrogens is 1. The molecule has 2 heterocycles. The minimum atomic E-state index is -0.0862. The average molecular weight is 480 g/mol. The van der Waals surface area contributed by atoms with Crippen LogP contribution in [0.1, 0.15) is 0 Å². The summed E-state index contributed by atoms with van der Waals surface area (Å²) < 4.78 is 12.3. The minimum absolute atomic E-state index is 0. The summed E-state index contributed by atoms with van der Waals surface area (Å²) >= 11 is 3.22. The van der Waals surface area contributed by atoms with Gasteiger partial charge in [0.2, 0.25) is 0 Å². The van der Waals surface area contributed by atoms with Crippen molar-refractivity contribution in [3.63, 3.8) is 0 Å². The summed E-state index contributed by atoms with van der Waals surface area (Å²) in [6, 6.07) is 15.6. The van der Waals surface area contributed by atoms with Crippen LogP contribution in [0.3, 0.4) is 0 Å². The van der Waals surface area contributed by atoms with Crippen molar-refractivity contribution in [2.45, 2.75) is 4.90 Å². The lowest BCUT2D eigenvalue weighted by Crippen LogP contribution is -2.44. The van der Waals surface area contributed by atoms with Crippen molar-refractivity contribution in [3.05, 3.63) is 48.5 Å². The smallest absolute Gasteiger partial charge is 0.266 e. The quantitative estimate of drug-likeness (QED) is 0.452. The van der Waals surface area contributed by atoms with Gasteiger partial charge in [-0.25, -0.2) is 4.98 Å². The van der Waals surface area contributed by atoms with Crippen LogP contribution in [0.4, 0.5) is 5.13 Å². The highest BCUT2D eigenvalue weighted by Gasteiger charge is 2.22. The Morgan fingerprint density at radius 3 is 2.71 bits per heavy atom. The number of amides is 1. The Labute approximate surface area is 196 Å². The van der Waals surface area contributed by atoms with Crippen molar-refractivity contribution < 1.29 is 14.3 Å². The van der Waals surface area contributed by atoms with Crippen LogP contribution in [0.25, 0.3) is 10.2 Å². The molecule has 0 bridgehead atoms. The molecule has 1 aliphatic heterocycles. The molecule has 1 aromatic heterocycles. The van der Waals surface area contributed by atoms with E-state index in [9.17, 15) is 4.79 Å². The fraction of sp³-hybridized carbons (Fsp3) is 0.364. The van der Waals surface area contributed by atoms with Crippen molar-refractivity contribution in [1.82, 2.24) is 9.88 Å². The van der Waals surface area contributed by atoms with E-state index >= 15 is 0 Å². The van der Waals surface area contributed by atoms with Crippen LogP contribution in [0, 0.1) is 0 Å². The van der Waals surface area contributed by atoms with Gasteiger partial charge in [-0.1, -0.05) is 35.6 Å². The van der Waals surface area contributed by atoms with Crippen molar-refractivity contribution in [2.75, 3.05) is 57.2 Å². The highest BCUT2D eigenvalue weighted by molar-refractivity contribution is 7.98. The first-order valence-corrected chi connectivity index (χ1v) is 12.0. The third-order valence-corrected chi connectivity index (χ3v) is 6.78. The number of thioether (sulfide) groups is 1. The van der Waals surface area contributed by atoms with Crippen LogP contribution in [-0.2, 0) is 9.53 Å². The van der Waals surface area contributed by atoms with Crippen molar-refractivity contribution >= 4 is 56.8 Å². The van der Waals surface area contributed by atoms with Crippen LogP contribution >= 0.6 is 35.5 Å². The van der Waals surface area contributed by atoms with E-state index in [0.29, 0.717) is 12.3 Å². The Morgan fingerprint density at radius 2 is 1.97 bits per heavy atom. The number of benzene rings is 2. The van der Waals surface area contributed by atoms with Gasteiger partial charge in [0.25, 0.3) is 5.91 Å². The van der Waals surface area contributed by atoms with E-state index in [1.165, 1.54) is 0 Å². The highest BCUT2D eigenvalue weighted by atomic mass is 35.5. The van der Waals surface area contributed by atoms with E-state index in [1.807, 2.05) is 42.7 Å². The van der Waals surface area contributed by atoms with Crippen LogP contribution < -0.4 is 9.64 Å². The molecule has 1 fully saturated rings. The number of morpholine rings is 1. The maximum absolute atomic E-state index is 13.1. The minimum Gasteiger partial charge on any atom is -0.484 e. The third-order valence-electron chi connectivity index (χ3n) is 4.97. The number of fused-ring (bicyclic) bond motifs is 1. The standard InChI is InChI=1S/C22H25N3O3S2.ClH/c1-29-18-8-5-9-19-21(18)23-22(30-19)25(11-10-24-12-14-27-15-13-24)20(26)16-28-17-6-3-2-4-7-17;/h2-9H,10-16H2,1H3;1H. The summed E-state index contributed by atoms with van der Waals surface area (Å²) in [4.78, 5) is 23.2. The number of anilines is 1. The molecule has 1 saturated heterocycles. The Morgan fingerprint density at radius 1 is 1.19 bits per heavy atom. The number of hydrogen-bond donors (Lipinski definition) is 0. The van der Waals surface area contributed by atoms with Gasteiger partial charge >= 0.3 is 0 Å². The molecule has 2 aromatic carbocycles. The third kappa shape index (κ3) is 6.11. The van der Waals surface area contributed by atoms with Gasteiger partial charge in [-0.3, -0.25) is 14.6 Å². The molecule has 31 heavy (non-hydrogen) atoms. The van der Waals surface area contributed by atoms with Gasteiger partial charge in [-0.2, -0.15) is 0 Å². The zero-order valence-electron chi connectivity index (χ0n) is 17.4. The molecule has 166 valence electrons. The number of carbonyl (C=O) groups excluding carboxylic acids is 1. The van der Waals surface area contributed by atoms with Crippen LogP contribution in [0.2, 0.25) is 0 Å². The molecule has 0 aliphatic carbocycles. The van der Waals surface area contributed by atoms with Crippen molar-refractivity contribution in [1.29, 1.82) is 0 Å². The van der Waals surface area contributed by atoms with Gasteiger partial charge in [0.15, 0.2) is 11.7 Å². The van der Waals surface area contributed by atoms with Crippen LogP contribution in [0.15, 0.2) is 53.4 Å². The van der Waals surface area contributed by atoms with E-state index in [2.05, 4.69) is 17.0 Å². The number of ether oxygens (including phenoxy) is 2. The summed E-state index contributed by atoms with van der Waals surface area (Å²) in [6.07, 6.45) is 2.04. The number of carbonyl (C=O) groups is 1. The summed E-state index contributed by atoms with van der Waals surface area (Å²) in [7, 11) is 0. The molecule has 1 aliphatic rings. The van der Waals surface area contributed by atoms with E-state index in [1.54, 1.807) is 28.0 Å². The number of rotatable bonds is 8. The molecule has 4 rings (SSSR count). The molecule has 0 spiro atoms. The lowest BCUT2D eigenvalue weighted by molar-refractivity contribution is -0.120. The molecule has 0 atom stereocenters. The lowest BCUT2D eigenvalue weighted by Gasteiger charge is -2.29. The highest BCUT2D eigenvalue weighted by Crippen LogP contribution is 2.34. The second kappa shape index (κ2) is 11.7. The maximum Gasteiger partial charge on any atom is 0.266 e. The summed E-state index contributed by atoms with van der Waals surface area (Å²) in [5.74, 6) is 0.602. The lowest BCUT2D eigenvalue weighted by atomic mass is 10.3. The average Bonchev–Trinajstić information content (AvgIpc) is 3.23. The van der Waals surface area contributed by atoms with Gasteiger partial charge in [0, 0.05) is 31.1 Å². The fourth-order valence-electron chi connectivity index (χ4n) is 3.32. The van der Waals surface area contributed by atoms with E-state index in [4.69, 9.17) is 14.5 Å². The SMILES string of the molecule is CSc1cccc2sc(N(CCN3CCOCC3)C(=O)COc3ccccc3)nc12.Cl. The van der Waals surface area contributed by atoms with E-state index in [-0.39, 0.29) is 24.9 Å². The van der Waals surface area contributed by atoms with Gasteiger partial charge in [0.05, 0.1) is 23.4 Å². The number of hydrogen-bond acceptors (Lipinski definition) is 7.